The van der Waals surface area contributed by atoms with Gasteiger partial charge in [0.25, 0.3) is 5.91 Å². The summed E-state index contributed by atoms with van der Waals surface area (Å²) >= 11 is 0. The average Bonchev–Trinajstić information content (AvgIpc) is 3.31. The number of halogens is 2. The van der Waals surface area contributed by atoms with Crippen LogP contribution in [0.3, 0.4) is 0 Å². The van der Waals surface area contributed by atoms with E-state index in [0.717, 1.165) is 18.7 Å². The molecule has 1 atom stereocenters. The van der Waals surface area contributed by atoms with E-state index in [1.54, 1.807) is 24.3 Å². The molecule has 2 heterocycles. The molecule has 1 amide bonds. The minimum absolute atomic E-state index is 0.0260. The zero-order valence-electron chi connectivity index (χ0n) is 20.1. The van der Waals surface area contributed by atoms with Crippen molar-refractivity contribution in [1.82, 2.24) is 19.7 Å². The Morgan fingerprint density at radius 2 is 1.84 bits per heavy atom. The number of pyridine rings is 1. The van der Waals surface area contributed by atoms with Gasteiger partial charge in [-0.15, -0.1) is 0 Å². The highest BCUT2D eigenvalue weighted by molar-refractivity contribution is 5.94. The number of ether oxygens (including phenoxy) is 1. The van der Waals surface area contributed by atoms with E-state index in [9.17, 15) is 28.3 Å². The number of rotatable bonds is 8. The first-order valence-corrected chi connectivity index (χ1v) is 11.1. The van der Waals surface area contributed by atoms with Gasteiger partial charge < -0.3 is 14.7 Å². The molecule has 0 aliphatic heterocycles. The number of aliphatic hydroxyl groups excluding tert-OH is 1. The molecule has 0 saturated heterocycles. The maximum atomic E-state index is 12.9. The van der Waals surface area contributed by atoms with Crippen molar-refractivity contribution in [2.45, 2.75) is 32.4 Å². The van der Waals surface area contributed by atoms with Gasteiger partial charge in [-0.1, -0.05) is 36.1 Å². The topological polar surface area (TPSA) is 115 Å². The number of aromatic nitrogens is 3. The number of carbonyl (C=O) groups is 3. The number of likely N-dealkylation sites (N-methyl/N-ethyl adjacent to an activating group) is 1. The second-order valence-corrected chi connectivity index (χ2v) is 8.20. The van der Waals surface area contributed by atoms with Crippen LogP contribution in [0.2, 0.25) is 0 Å². The van der Waals surface area contributed by atoms with Gasteiger partial charge in [0, 0.05) is 51.1 Å². The molecule has 11 heteroatoms. The van der Waals surface area contributed by atoms with Gasteiger partial charge in [0.05, 0.1) is 29.8 Å². The first-order chi connectivity index (χ1) is 17.6. The predicted octanol–water partition coefficient (Wildman–Crippen LogP) is 2.38. The second-order valence-electron chi connectivity index (χ2n) is 8.20. The quantitative estimate of drug-likeness (QED) is 0.281. The standard InChI is InChI=1S/C26H24F2N4O5/c1-17(33)37-24(35)11-19-5-3-4-18(8-19)10-23(34)16-31(2)25(36)22-9-20(12-29-14-22)6-7-21-13-30-32(15-21)26(27)28/h3-5,8-9,12-15,23,26,34H,10-11,16H2,1-2H3/t23-/m0/s1. The number of alkyl halides is 2. The van der Waals surface area contributed by atoms with Crippen molar-refractivity contribution in [3.63, 3.8) is 0 Å². The predicted molar refractivity (Wildman–Crippen MR) is 127 cm³/mol. The Morgan fingerprint density at radius 3 is 2.54 bits per heavy atom. The smallest absolute Gasteiger partial charge is 0.333 e. The number of carbonyl (C=O) groups excluding carboxylic acids is 3. The Labute approximate surface area is 211 Å². The normalized spacial score (nSPS) is 11.4. The molecule has 1 N–H and O–H groups in total. The Kier molecular flexibility index (Phi) is 9.18. The first kappa shape index (κ1) is 27.2. The van der Waals surface area contributed by atoms with Crippen molar-refractivity contribution in [2.24, 2.45) is 0 Å². The fourth-order valence-electron chi connectivity index (χ4n) is 3.46. The summed E-state index contributed by atoms with van der Waals surface area (Å²) in [5.74, 6) is 3.73. The summed E-state index contributed by atoms with van der Waals surface area (Å²) in [6.45, 7) is -1.58. The Bertz CT molecular complexity index is 1350. The van der Waals surface area contributed by atoms with E-state index in [-0.39, 0.29) is 36.4 Å². The van der Waals surface area contributed by atoms with Crippen LogP contribution in [-0.2, 0) is 27.2 Å². The van der Waals surface area contributed by atoms with Crippen LogP contribution in [0.1, 0.15) is 46.1 Å². The lowest BCUT2D eigenvalue weighted by Gasteiger charge is -2.21. The summed E-state index contributed by atoms with van der Waals surface area (Å²) in [4.78, 5) is 40.8. The third-order valence-corrected chi connectivity index (χ3v) is 5.04. The Hall–Kier alpha value is -4.43. The van der Waals surface area contributed by atoms with E-state index in [1.807, 2.05) is 0 Å². The molecule has 1 aromatic carbocycles. The zero-order chi connectivity index (χ0) is 26.9. The lowest BCUT2D eigenvalue weighted by atomic mass is 10.0. The number of aliphatic hydroxyl groups is 1. The third-order valence-electron chi connectivity index (χ3n) is 5.04. The molecule has 37 heavy (non-hydrogen) atoms. The van der Waals surface area contributed by atoms with Crippen LogP contribution in [0, 0.1) is 11.8 Å². The lowest BCUT2D eigenvalue weighted by Crippen LogP contribution is -2.35. The molecule has 0 unspecified atom stereocenters. The fourth-order valence-corrected chi connectivity index (χ4v) is 3.46. The Morgan fingerprint density at radius 1 is 1.11 bits per heavy atom. The second kappa shape index (κ2) is 12.5. The molecule has 0 radical (unpaired) electrons. The fraction of sp³-hybridized carbons (Fsp3) is 0.269. The van der Waals surface area contributed by atoms with Gasteiger partial charge in [-0.3, -0.25) is 19.4 Å². The maximum Gasteiger partial charge on any atom is 0.333 e. The van der Waals surface area contributed by atoms with Crippen LogP contribution < -0.4 is 0 Å². The number of amides is 1. The molecule has 0 saturated carbocycles. The van der Waals surface area contributed by atoms with Gasteiger partial charge in [-0.05, 0) is 17.2 Å². The molecule has 3 rings (SSSR count). The minimum Gasteiger partial charge on any atom is -0.393 e. The number of esters is 2. The summed E-state index contributed by atoms with van der Waals surface area (Å²) < 4.78 is 30.3. The molecule has 3 aromatic rings. The largest absolute Gasteiger partial charge is 0.393 e. The van der Waals surface area contributed by atoms with E-state index in [4.69, 9.17) is 0 Å². The molecule has 192 valence electrons. The summed E-state index contributed by atoms with van der Waals surface area (Å²) in [6.07, 6.45) is 4.39. The van der Waals surface area contributed by atoms with Gasteiger partial charge in [-0.25, -0.2) is 4.68 Å². The summed E-state index contributed by atoms with van der Waals surface area (Å²) in [5, 5.41) is 14.1. The highest BCUT2D eigenvalue weighted by atomic mass is 19.3. The van der Waals surface area contributed by atoms with Crippen molar-refractivity contribution >= 4 is 17.8 Å². The lowest BCUT2D eigenvalue weighted by molar-refractivity contribution is -0.157. The SMILES string of the molecule is CC(=O)OC(=O)Cc1cccc(C[C@H](O)CN(C)C(=O)c2cncc(C#Cc3cnn(C(F)F)c3)c2)c1. The maximum absolute atomic E-state index is 12.9. The zero-order valence-corrected chi connectivity index (χ0v) is 20.1. The third kappa shape index (κ3) is 8.33. The summed E-state index contributed by atoms with van der Waals surface area (Å²) in [5.41, 5.74) is 2.32. The van der Waals surface area contributed by atoms with E-state index in [2.05, 4.69) is 26.7 Å². The van der Waals surface area contributed by atoms with Gasteiger partial charge >= 0.3 is 18.5 Å². The van der Waals surface area contributed by atoms with Crippen molar-refractivity contribution in [2.75, 3.05) is 13.6 Å². The van der Waals surface area contributed by atoms with Crippen LogP contribution in [-0.4, -0.2) is 62.3 Å². The van der Waals surface area contributed by atoms with Crippen LogP contribution in [0.25, 0.3) is 0 Å². The van der Waals surface area contributed by atoms with Crippen LogP contribution in [0.4, 0.5) is 8.78 Å². The highest BCUT2D eigenvalue weighted by Gasteiger charge is 2.17. The van der Waals surface area contributed by atoms with Gasteiger partial charge in [-0.2, -0.15) is 13.9 Å². The van der Waals surface area contributed by atoms with Gasteiger partial charge in [0.1, 0.15) is 0 Å². The molecule has 9 nitrogen and oxygen atoms in total. The van der Waals surface area contributed by atoms with Crippen molar-refractivity contribution in [3.8, 4) is 11.8 Å². The molecule has 0 aliphatic rings. The van der Waals surface area contributed by atoms with E-state index >= 15 is 0 Å². The van der Waals surface area contributed by atoms with E-state index < -0.39 is 24.6 Å². The molecular weight excluding hydrogens is 486 g/mol. The highest BCUT2D eigenvalue weighted by Crippen LogP contribution is 2.12. The summed E-state index contributed by atoms with van der Waals surface area (Å²) in [7, 11) is 1.54. The number of benzene rings is 1. The number of nitrogens with zero attached hydrogens (tertiary/aromatic N) is 4. The Balaban J connectivity index is 1.59. The number of hydrogen-bond donors (Lipinski definition) is 1. The molecule has 0 fully saturated rings. The molecule has 0 aliphatic carbocycles. The first-order valence-electron chi connectivity index (χ1n) is 11.1. The van der Waals surface area contributed by atoms with Crippen molar-refractivity contribution in [1.29, 1.82) is 0 Å². The van der Waals surface area contributed by atoms with Gasteiger partial charge in [0.15, 0.2) is 0 Å². The molecule has 2 aromatic heterocycles. The number of hydrogen-bond acceptors (Lipinski definition) is 7. The van der Waals surface area contributed by atoms with Crippen molar-refractivity contribution < 1.29 is 33.0 Å². The van der Waals surface area contributed by atoms with E-state index in [0.29, 0.717) is 15.8 Å². The molecule has 0 spiro atoms. The molecule has 0 bridgehead atoms. The molecular formula is C26H24F2N4O5. The van der Waals surface area contributed by atoms with Gasteiger partial charge in [0.2, 0.25) is 0 Å². The van der Waals surface area contributed by atoms with Crippen LogP contribution in [0.15, 0.2) is 55.1 Å². The monoisotopic (exact) mass is 510 g/mol. The summed E-state index contributed by atoms with van der Waals surface area (Å²) in [6, 6.07) is 8.46. The van der Waals surface area contributed by atoms with E-state index in [1.165, 1.54) is 36.6 Å². The average molecular weight is 510 g/mol. The van der Waals surface area contributed by atoms with Crippen LogP contribution >= 0.6 is 0 Å². The van der Waals surface area contributed by atoms with Crippen LogP contribution in [0.5, 0.6) is 0 Å². The van der Waals surface area contributed by atoms with Crippen molar-refractivity contribution in [3.05, 3.63) is 82.9 Å². The minimum atomic E-state index is -2.76.